The maximum atomic E-state index is 6.39. The second-order valence-electron chi connectivity index (χ2n) is 4.69. The molecule has 17 heavy (non-hydrogen) atoms. The van der Waals surface area contributed by atoms with Crippen LogP contribution in [-0.2, 0) is 12.8 Å². The normalized spacial score (nSPS) is 18.1. The van der Waals surface area contributed by atoms with Gasteiger partial charge in [-0.25, -0.2) is 0 Å². The van der Waals surface area contributed by atoms with Crippen LogP contribution in [0.4, 0.5) is 0 Å². The lowest BCUT2D eigenvalue weighted by molar-refractivity contribution is 0.853. The predicted molar refractivity (Wildman–Crippen MR) is 68.9 cm³/mol. The van der Waals surface area contributed by atoms with E-state index in [0.29, 0.717) is 0 Å². The molecule has 0 saturated heterocycles. The van der Waals surface area contributed by atoms with Crippen LogP contribution < -0.4 is 5.73 Å². The summed E-state index contributed by atoms with van der Waals surface area (Å²) in [6, 6.07) is 8.47. The molecular formula is C15H16N2. The highest BCUT2D eigenvalue weighted by Gasteiger charge is 2.21. The summed E-state index contributed by atoms with van der Waals surface area (Å²) < 4.78 is 0. The van der Waals surface area contributed by atoms with Crippen LogP contribution in [-0.4, -0.2) is 4.98 Å². The Balaban J connectivity index is 2.20. The summed E-state index contributed by atoms with van der Waals surface area (Å²) in [7, 11) is 0. The predicted octanol–water partition coefficient (Wildman–Crippen LogP) is 2.54. The molecule has 1 atom stereocenters. The molecule has 0 radical (unpaired) electrons. The van der Waals surface area contributed by atoms with Crippen molar-refractivity contribution in [3.8, 4) is 0 Å². The molecule has 2 N–H and O–H groups in total. The number of aryl methyl sites for hydroxylation is 2. The van der Waals surface area contributed by atoms with Crippen molar-refractivity contribution < 1.29 is 0 Å². The van der Waals surface area contributed by atoms with Crippen LogP contribution in [0.1, 0.15) is 33.9 Å². The van der Waals surface area contributed by atoms with E-state index in [4.69, 9.17) is 5.73 Å². The zero-order chi connectivity index (χ0) is 11.8. The first-order valence-corrected chi connectivity index (χ1v) is 6.04. The lowest BCUT2D eigenvalue weighted by Gasteiger charge is -2.15. The van der Waals surface area contributed by atoms with Gasteiger partial charge in [-0.2, -0.15) is 0 Å². The number of rotatable bonds is 0. The maximum Gasteiger partial charge on any atom is 0.0572 e. The zero-order valence-electron chi connectivity index (χ0n) is 9.98. The van der Waals surface area contributed by atoms with Crippen LogP contribution in [0.5, 0.6) is 0 Å². The Morgan fingerprint density at radius 3 is 2.94 bits per heavy atom. The Morgan fingerprint density at radius 2 is 2.06 bits per heavy atom. The van der Waals surface area contributed by atoms with Gasteiger partial charge in [0.15, 0.2) is 0 Å². The van der Waals surface area contributed by atoms with Crippen molar-refractivity contribution in [2.75, 3.05) is 0 Å². The Labute approximate surface area is 102 Å². The van der Waals surface area contributed by atoms with E-state index < -0.39 is 0 Å². The quantitative estimate of drug-likeness (QED) is 0.747. The summed E-state index contributed by atoms with van der Waals surface area (Å²) in [6.07, 6.45) is 5.90. The van der Waals surface area contributed by atoms with E-state index in [9.17, 15) is 0 Å². The number of benzene rings is 1. The molecule has 0 aliphatic heterocycles. The Bertz CT molecular complexity index is 561. The van der Waals surface area contributed by atoms with Crippen LogP contribution in [0.2, 0.25) is 0 Å². The van der Waals surface area contributed by atoms with Crippen molar-refractivity contribution in [2.24, 2.45) is 5.73 Å². The minimum absolute atomic E-state index is 0.0314. The molecule has 2 heteroatoms. The van der Waals surface area contributed by atoms with E-state index in [0.717, 1.165) is 12.8 Å². The van der Waals surface area contributed by atoms with E-state index >= 15 is 0 Å². The fraction of sp³-hybridized carbons (Fsp3) is 0.267. The summed E-state index contributed by atoms with van der Waals surface area (Å²) in [6.45, 7) is 2.17. The number of hydrogen-bond acceptors (Lipinski definition) is 2. The Hall–Kier alpha value is -1.67. The number of nitrogens with zero attached hydrogens (tertiary/aromatic N) is 1. The van der Waals surface area contributed by atoms with Gasteiger partial charge in [-0.05, 0) is 53.6 Å². The van der Waals surface area contributed by atoms with Crippen molar-refractivity contribution in [2.45, 2.75) is 25.8 Å². The molecule has 1 aliphatic carbocycles. The molecule has 3 rings (SSSR count). The van der Waals surface area contributed by atoms with Crippen LogP contribution >= 0.6 is 0 Å². The van der Waals surface area contributed by atoms with Crippen LogP contribution in [0, 0.1) is 6.92 Å². The van der Waals surface area contributed by atoms with Crippen molar-refractivity contribution in [3.63, 3.8) is 0 Å². The van der Waals surface area contributed by atoms with E-state index in [1.165, 1.54) is 27.8 Å². The largest absolute Gasteiger partial charge is 0.320 e. The molecule has 0 fully saturated rings. The molecule has 2 aromatic rings. The first-order chi connectivity index (χ1) is 8.27. The van der Waals surface area contributed by atoms with Gasteiger partial charge < -0.3 is 5.73 Å². The number of pyridine rings is 1. The minimum atomic E-state index is -0.0314. The molecule has 1 aliphatic rings. The van der Waals surface area contributed by atoms with Crippen LogP contribution in [0.15, 0.2) is 36.7 Å². The standard InChI is InChI=1S/C15H16N2/c1-10-3-2-4-13-12(10)6-5-11-7-8-17-9-14(11)15(13)16/h2-4,7-9,15H,5-6,16H2,1H3. The second-order valence-corrected chi connectivity index (χ2v) is 4.69. The molecule has 1 heterocycles. The third kappa shape index (κ3) is 1.65. The fourth-order valence-electron chi connectivity index (χ4n) is 2.73. The van der Waals surface area contributed by atoms with E-state index in [-0.39, 0.29) is 6.04 Å². The molecule has 1 aromatic carbocycles. The van der Waals surface area contributed by atoms with Gasteiger partial charge in [-0.1, -0.05) is 18.2 Å². The fourth-order valence-corrected chi connectivity index (χ4v) is 2.73. The summed E-state index contributed by atoms with van der Waals surface area (Å²) >= 11 is 0. The van der Waals surface area contributed by atoms with Gasteiger partial charge in [-0.3, -0.25) is 4.98 Å². The number of aromatic nitrogens is 1. The zero-order valence-corrected chi connectivity index (χ0v) is 9.98. The molecule has 86 valence electrons. The van der Waals surface area contributed by atoms with Crippen LogP contribution in [0.3, 0.4) is 0 Å². The van der Waals surface area contributed by atoms with E-state index in [1.54, 1.807) is 0 Å². The molecule has 1 aromatic heterocycles. The number of fused-ring (bicyclic) bond motifs is 2. The lowest BCUT2D eigenvalue weighted by Crippen LogP contribution is -2.14. The number of hydrogen-bond donors (Lipinski definition) is 1. The van der Waals surface area contributed by atoms with Crippen molar-refractivity contribution in [1.82, 2.24) is 4.98 Å². The van der Waals surface area contributed by atoms with Gasteiger partial charge in [0.25, 0.3) is 0 Å². The Kier molecular flexibility index (Phi) is 2.45. The summed E-state index contributed by atoms with van der Waals surface area (Å²) in [5.74, 6) is 0. The molecule has 1 unspecified atom stereocenters. The average Bonchev–Trinajstić information content (AvgIpc) is 2.50. The molecule has 0 amide bonds. The molecule has 0 bridgehead atoms. The van der Waals surface area contributed by atoms with Crippen molar-refractivity contribution in [1.29, 1.82) is 0 Å². The highest BCUT2D eigenvalue weighted by atomic mass is 14.7. The van der Waals surface area contributed by atoms with Gasteiger partial charge >= 0.3 is 0 Å². The van der Waals surface area contributed by atoms with E-state index in [2.05, 4.69) is 36.2 Å². The van der Waals surface area contributed by atoms with Gasteiger partial charge in [-0.15, -0.1) is 0 Å². The first kappa shape index (κ1) is 10.5. The van der Waals surface area contributed by atoms with E-state index in [1.807, 2.05) is 12.4 Å². The van der Waals surface area contributed by atoms with Gasteiger partial charge in [0.05, 0.1) is 6.04 Å². The topological polar surface area (TPSA) is 38.9 Å². The molecular weight excluding hydrogens is 208 g/mol. The molecule has 2 nitrogen and oxygen atoms in total. The monoisotopic (exact) mass is 224 g/mol. The van der Waals surface area contributed by atoms with Crippen molar-refractivity contribution >= 4 is 0 Å². The highest BCUT2D eigenvalue weighted by Crippen LogP contribution is 2.31. The summed E-state index contributed by atoms with van der Waals surface area (Å²) in [5, 5.41) is 0. The lowest BCUT2D eigenvalue weighted by atomic mass is 9.94. The number of nitrogens with two attached hydrogens (primary N) is 1. The van der Waals surface area contributed by atoms with Crippen LogP contribution in [0.25, 0.3) is 0 Å². The molecule has 0 spiro atoms. The summed E-state index contributed by atoms with van der Waals surface area (Å²) in [5.41, 5.74) is 12.9. The third-order valence-corrected chi connectivity index (χ3v) is 3.71. The van der Waals surface area contributed by atoms with Gasteiger partial charge in [0.2, 0.25) is 0 Å². The van der Waals surface area contributed by atoms with Gasteiger partial charge in [0, 0.05) is 12.4 Å². The molecule has 0 saturated carbocycles. The summed E-state index contributed by atoms with van der Waals surface area (Å²) in [4.78, 5) is 4.21. The maximum absolute atomic E-state index is 6.39. The third-order valence-electron chi connectivity index (χ3n) is 3.71. The minimum Gasteiger partial charge on any atom is -0.320 e. The SMILES string of the molecule is Cc1cccc2c1CCc1ccncc1C2N. The first-order valence-electron chi connectivity index (χ1n) is 6.04. The smallest absolute Gasteiger partial charge is 0.0572 e. The highest BCUT2D eigenvalue weighted by molar-refractivity contribution is 5.45. The average molecular weight is 224 g/mol. The second kappa shape index (κ2) is 3.97. The van der Waals surface area contributed by atoms with Crippen molar-refractivity contribution in [3.05, 3.63) is 64.5 Å². The van der Waals surface area contributed by atoms with Gasteiger partial charge in [0.1, 0.15) is 0 Å². The Morgan fingerprint density at radius 1 is 1.18 bits per heavy atom.